The van der Waals surface area contributed by atoms with Gasteiger partial charge < -0.3 is 9.15 Å². The highest BCUT2D eigenvalue weighted by Crippen LogP contribution is 2.15. The number of aromatic nitrogens is 1. The molecule has 94 valence electrons. The van der Waals surface area contributed by atoms with Crippen LogP contribution in [0.25, 0.3) is 16.8 Å². The molecule has 2 aromatic carbocycles. The van der Waals surface area contributed by atoms with Gasteiger partial charge in [0.1, 0.15) is 5.56 Å². The van der Waals surface area contributed by atoms with Crippen molar-refractivity contribution in [2.75, 3.05) is 7.11 Å². The summed E-state index contributed by atoms with van der Waals surface area (Å²) in [6, 6.07) is 14.9. The summed E-state index contributed by atoms with van der Waals surface area (Å²) in [5.41, 5.74) is 2.90. The Morgan fingerprint density at radius 1 is 1.11 bits per heavy atom. The molecule has 0 N–H and O–H groups in total. The normalized spacial score (nSPS) is 10.6. The van der Waals surface area contributed by atoms with Crippen molar-refractivity contribution in [2.24, 2.45) is 0 Å². The molecule has 0 atom stereocenters. The number of esters is 1. The maximum atomic E-state index is 11.8. The second-order valence-electron chi connectivity index (χ2n) is 4.07. The summed E-state index contributed by atoms with van der Waals surface area (Å²) in [5, 5.41) is 0. The first-order valence-electron chi connectivity index (χ1n) is 5.87. The van der Waals surface area contributed by atoms with Gasteiger partial charge in [-0.2, -0.15) is 0 Å². The Morgan fingerprint density at radius 2 is 1.84 bits per heavy atom. The molecule has 19 heavy (non-hydrogen) atoms. The lowest BCUT2D eigenvalue weighted by molar-refractivity contribution is -0.573. The first kappa shape index (κ1) is 11.5. The zero-order chi connectivity index (χ0) is 13.2. The molecular weight excluding hydrogens is 242 g/mol. The van der Waals surface area contributed by atoms with Crippen LogP contribution >= 0.6 is 0 Å². The number of nitrogens with zero attached hydrogens (tertiary/aromatic N) is 1. The fraction of sp³-hybridized carbons (Fsp3) is 0.0667. The summed E-state index contributed by atoms with van der Waals surface area (Å²) in [4.78, 5) is 11.8. The van der Waals surface area contributed by atoms with E-state index >= 15 is 0 Å². The molecule has 0 aliphatic heterocycles. The number of fused-ring (bicyclic) bond motifs is 1. The number of oxazole rings is 1. The van der Waals surface area contributed by atoms with Gasteiger partial charge in [-0.25, -0.2) is 4.79 Å². The summed E-state index contributed by atoms with van der Waals surface area (Å²) in [6.07, 6.45) is 1.59. The molecule has 0 fully saturated rings. The van der Waals surface area contributed by atoms with Crippen LogP contribution in [0.15, 0.2) is 59.3 Å². The van der Waals surface area contributed by atoms with Crippen molar-refractivity contribution >= 4 is 17.1 Å². The maximum Gasteiger partial charge on any atom is 0.344 e. The highest BCUT2D eigenvalue weighted by atomic mass is 16.5. The average Bonchev–Trinajstić information content (AvgIpc) is 2.90. The molecule has 0 saturated carbocycles. The molecule has 4 nitrogen and oxygen atoms in total. The highest BCUT2D eigenvalue weighted by molar-refractivity contribution is 5.92. The van der Waals surface area contributed by atoms with Crippen LogP contribution < -0.4 is 4.57 Å². The quantitative estimate of drug-likeness (QED) is 0.521. The second-order valence-corrected chi connectivity index (χ2v) is 4.07. The van der Waals surface area contributed by atoms with E-state index < -0.39 is 0 Å². The minimum atomic E-state index is -0.367. The molecule has 0 radical (unpaired) electrons. The molecule has 3 aromatic rings. The summed E-state index contributed by atoms with van der Waals surface area (Å²) in [7, 11) is 1.37. The fourth-order valence-corrected chi connectivity index (χ4v) is 2.07. The molecule has 0 unspecified atom stereocenters. The number of ether oxygens (including phenoxy) is 1. The van der Waals surface area contributed by atoms with Crippen molar-refractivity contribution in [3.05, 3.63) is 60.5 Å². The van der Waals surface area contributed by atoms with Crippen molar-refractivity contribution in [3.8, 4) is 5.69 Å². The van der Waals surface area contributed by atoms with Gasteiger partial charge in [0.15, 0.2) is 0 Å². The van der Waals surface area contributed by atoms with Crippen molar-refractivity contribution in [2.45, 2.75) is 0 Å². The van der Waals surface area contributed by atoms with Gasteiger partial charge in [-0.05, 0) is 12.1 Å². The van der Waals surface area contributed by atoms with E-state index in [2.05, 4.69) is 0 Å². The molecule has 0 amide bonds. The van der Waals surface area contributed by atoms with E-state index in [0.29, 0.717) is 5.56 Å². The zero-order valence-electron chi connectivity index (χ0n) is 10.4. The Balaban J connectivity index is 2.25. The zero-order valence-corrected chi connectivity index (χ0v) is 10.4. The van der Waals surface area contributed by atoms with Crippen LogP contribution in [-0.4, -0.2) is 13.1 Å². The monoisotopic (exact) mass is 254 g/mol. The number of benzene rings is 2. The molecule has 0 spiro atoms. The van der Waals surface area contributed by atoms with Crippen LogP contribution in [0.3, 0.4) is 0 Å². The Morgan fingerprint density at radius 3 is 2.68 bits per heavy atom. The predicted octanol–water partition coefficient (Wildman–Crippen LogP) is 2.50. The van der Waals surface area contributed by atoms with Gasteiger partial charge in [-0.15, -0.1) is 4.57 Å². The Kier molecular flexibility index (Phi) is 2.76. The molecule has 1 aromatic heterocycles. The van der Waals surface area contributed by atoms with Crippen molar-refractivity contribution in [3.63, 3.8) is 0 Å². The van der Waals surface area contributed by atoms with Gasteiger partial charge in [-0.3, -0.25) is 0 Å². The number of carbonyl (C=O) groups is 1. The highest BCUT2D eigenvalue weighted by Gasteiger charge is 2.23. The Bertz CT molecular complexity index is 746. The molecule has 0 saturated heterocycles. The third-order valence-corrected chi connectivity index (χ3v) is 2.98. The van der Waals surface area contributed by atoms with E-state index in [4.69, 9.17) is 9.15 Å². The summed E-state index contributed by atoms with van der Waals surface area (Å²) >= 11 is 0. The first-order valence-corrected chi connectivity index (χ1v) is 5.87. The smallest absolute Gasteiger partial charge is 0.344 e. The lowest BCUT2D eigenvalue weighted by Gasteiger charge is -2.00. The maximum absolute atomic E-state index is 11.8. The topological polar surface area (TPSA) is 43.3 Å². The van der Waals surface area contributed by atoms with Gasteiger partial charge >= 0.3 is 12.4 Å². The summed E-state index contributed by atoms with van der Waals surface area (Å²) < 4.78 is 12.1. The number of carbonyl (C=O) groups excluding carboxylic acids is 1. The number of rotatable bonds is 2. The van der Waals surface area contributed by atoms with Crippen LogP contribution in [-0.2, 0) is 4.74 Å². The standard InChI is InChI=1S/C15H12NO3/c1-18-15(17)11-6-2-3-7-12(11)16-10-19-14-9-5-4-8-13(14)16/h2-10H,1H3/q+1. The molecule has 0 bridgehead atoms. The second kappa shape index (κ2) is 4.57. The van der Waals surface area contributed by atoms with E-state index in [1.54, 1.807) is 18.5 Å². The van der Waals surface area contributed by atoms with Gasteiger partial charge in [0, 0.05) is 12.1 Å². The van der Waals surface area contributed by atoms with Gasteiger partial charge in [0.2, 0.25) is 11.3 Å². The predicted molar refractivity (Wildman–Crippen MR) is 69.1 cm³/mol. The average molecular weight is 254 g/mol. The molecule has 0 aliphatic rings. The lowest BCUT2D eigenvalue weighted by atomic mass is 10.1. The van der Waals surface area contributed by atoms with E-state index in [9.17, 15) is 4.79 Å². The molecule has 4 heteroatoms. The van der Waals surface area contributed by atoms with Crippen molar-refractivity contribution in [1.82, 2.24) is 0 Å². The van der Waals surface area contributed by atoms with E-state index in [-0.39, 0.29) is 5.97 Å². The molecule has 0 aliphatic carbocycles. The largest absolute Gasteiger partial charge is 0.465 e. The van der Waals surface area contributed by atoms with Gasteiger partial charge in [-0.1, -0.05) is 24.3 Å². The van der Waals surface area contributed by atoms with Crippen LogP contribution in [0.5, 0.6) is 0 Å². The van der Waals surface area contributed by atoms with Crippen molar-refractivity contribution < 1.29 is 18.5 Å². The number of hydrogen-bond donors (Lipinski definition) is 0. The minimum Gasteiger partial charge on any atom is -0.465 e. The summed E-state index contributed by atoms with van der Waals surface area (Å²) in [6.45, 7) is 0. The Labute approximate surface area is 109 Å². The first-order chi connectivity index (χ1) is 9.31. The van der Waals surface area contributed by atoms with Crippen LogP contribution in [0.2, 0.25) is 0 Å². The van der Waals surface area contributed by atoms with Gasteiger partial charge in [0.25, 0.3) is 5.52 Å². The molecular formula is C15H12NO3+. The molecule has 1 heterocycles. The lowest BCUT2D eigenvalue weighted by Crippen LogP contribution is -2.31. The van der Waals surface area contributed by atoms with Crippen LogP contribution in [0.4, 0.5) is 0 Å². The fourth-order valence-electron chi connectivity index (χ4n) is 2.07. The SMILES string of the molecule is COC(=O)c1ccccc1-[n+]1coc2ccccc21. The molecule has 3 rings (SSSR count). The Hall–Kier alpha value is -2.62. The van der Waals surface area contributed by atoms with E-state index in [0.717, 1.165) is 16.8 Å². The number of hydrogen-bond acceptors (Lipinski definition) is 3. The van der Waals surface area contributed by atoms with Crippen molar-refractivity contribution in [1.29, 1.82) is 0 Å². The van der Waals surface area contributed by atoms with Crippen LogP contribution in [0, 0.1) is 0 Å². The minimum absolute atomic E-state index is 0.367. The summed E-state index contributed by atoms with van der Waals surface area (Å²) in [5.74, 6) is -0.367. The third kappa shape index (κ3) is 1.87. The van der Waals surface area contributed by atoms with Gasteiger partial charge in [0.05, 0.1) is 7.11 Å². The number of para-hydroxylation sites is 3. The number of methoxy groups -OCH3 is 1. The van der Waals surface area contributed by atoms with E-state index in [1.807, 2.05) is 41.0 Å². The van der Waals surface area contributed by atoms with E-state index in [1.165, 1.54) is 7.11 Å². The third-order valence-electron chi connectivity index (χ3n) is 2.98. The van der Waals surface area contributed by atoms with Crippen LogP contribution in [0.1, 0.15) is 10.4 Å².